The quantitative estimate of drug-likeness (QED) is 0.297. The number of hydrogen-bond acceptors (Lipinski definition) is 8. The maximum Gasteiger partial charge on any atom is 0.334 e. The zero-order chi connectivity index (χ0) is 22.4. The molecule has 0 amide bonds. The van der Waals surface area contributed by atoms with E-state index in [-0.39, 0.29) is 30.8 Å². The normalized spacial score (nSPS) is 30.9. The number of rotatable bonds is 5. The summed E-state index contributed by atoms with van der Waals surface area (Å²) in [5.74, 6) is -2.38. The van der Waals surface area contributed by atoms with Crippen LogP contribution in [0.3, 0.4) is 0 Å². The van der Waals surface area contributed by atoms with Crippen LogP contribution in [0.4, 0.5) is 0 Å². The molecule has 1 aliphatic carbocycles. The summed E-state index contributed by atoms with van der Waals surface area (Å²) >= 11 is 0. The van der Waals surface area contributed by atoms with E-state index in [1.165, 1.54) is 19.9 Å². The Kier molecular flexibility index (Phi) is 8.14. The van der Waals surface area contributed by atoms with Crippen LogP contribution in [0.2, 0.25) is 0 Å². The SMILES string of the molecule is C=C1C(=O)O[C@@H]2/C=C(/C)[C@@H](OC(C)=O)C/C=C(\CO)C[C@@H](OC(=O)/C(C)=C/CO)[C@@H]12. The zero-order valence-electron chi connectivity index (χ0n) is 17.4. The minimum absolute atomic E-state index is 0.144. The Labute approximate surface area is 175 Å². The molecular formula is C22H28O8. The summed E-state index contributed by atoms with van der Waals surface area (Å²) in [6, 6.07) is 0. The van der Waals surface area contributed by atoms with Gasteiger partial charge in [-0.1, -0.05) is 12.7 Å². The Balaban J connectivity index is 2.46. The van der Waals surface area contributed by atoms with Crippen LogP contribution in [0.25, 0.3) is 0 Å². The Bertz CT molecular complexity index is 804. The standard InChI is InChI=1S/C22H28O8/c1-12(7-8-23)21(26)29-19-10-16(11-24)5-6-17(28-15(4)25)13(2)9-18-20(19)14(3)22(27)30-18/h5,7,9,17-20,23-24H,3,6,8,10-11H2,1-2,4H3/b12-7+,13-9-,16-5-/t17-,18+,19+,20-/m0/s1. The van der Waals surface area contributed by atoms with Crippen LogP contribution >= 0.6 is 0 Å². The minimum Gasteiger partial charge on any atom is -0.458 e. The summed E-state index contributed by atoms with van der Waals surface area (Å²) in [6.45, 7) is 7.77. The fourth-order valence-electron chi connectivity index (χ4n) is 3.51. The number of hydrogen-bond donors (Lipinski definition) is 2. The van der Waals surface area contributed by atoms with Gasteiger partial charge in [-0.3, -0.25) is 4.79 Å². The van der Waals surface area contributed by atoms with Gasteiger partial charge in [0.15, 0.2) is 0 Å². The smallest absolute Gasteiger partial charge is 0.334 e. The highest BCUT2D eigenvalue weighted by Crippen LogP contribution is 2.36. The fraction of sp³-hybridized carbons (Fsp3) is 0.500. The molecule has 1 saturated heterocycles. The Morgan fingerprint density at radius 2 is 2.00 bits per heavy atom. The summed E-state index contributed by atoms with van der Waals surface area (Å²) in [6.07, 6.45) is 3.04. The molecule has 4 atom stereocenters. The fourth-order valence-corrected chi connectivity index (χ4v) is 3.51. The van der Waals surface area contributed by atoms with E-state index in [4.69, 9.17) is 19.3 Å². The number of ether oxygens (including phenoxy) is 3. The van der Waals surface area contributed by atoms with Gasteiger partial charge in [0, 0.05) is 30.9 Å². The van der Waals surface area contributed by atoms with Gasteiger partial charge in [0.1, 0.15) is 18.3 Å². The summed E-state index contributed by atoms with van der Waals surface area (Å²) in [4.78, 5) is 36.2. The first-order valence-electron chi connectivity index (χ1n) is 9.70. The Morgan fingerprint density at radius 3 is 2.60 bits per heavy atom. The number of fused-ring (bicyclic) bond motifs is 1. The monoisotopic (exact) mass is 420 g/mol. The highest BCUT2D eigenvalue weighted by atomic mass is 16.6. The number of carbonyl (C=O) groups is 3. The maximum atomic E-state index is 12.5. The molecule has 0 saturated carbocycles. The lowest BCUT2D eigenvalue weighted by Crippen LogP contribution is -2.34. The maximum absolute atomic E-state index is 12.5. The lowest BCUT2D eigenvalue weighted by atomic mass is 9.85. The molecule has 2 N–H and O–H groups in total. The van der Waals surface area contributed by atoms with Gasteiger partial charge in [0.25, 0.3) is 0 Å². The number of aliphatic hydroxyl groups is 2. The van der Waals surface area contributed by atoms with E-state index in [1.807, 2.05) is 0 Å². The van der Waals surface area contributed by atoms with E-state index in [0.717, 1.165) is 0 Å². The van der Waals surface area contributed by atoms with Crippen LogP contribution in [0.5, 0.6) is 0 Å². The van der Waals surface area contributed by atoms with Crippen molar-refractivity contribution in [3.63, 3.8) is 0 Å². The molecule has 0 unspecified atom stereocenters. The molecule has 30 heavy (non-hydrogen) atoms. The zero-order valence-corrected chi connectivity index (χ0v) is 17.4. The van der Waals surface area contributed by atoms with Crippen LogP contribution in [0.15, 0.2) is 47.1 Å². The van der Waals surface area contributed by atoms with Crippen molar-refractivity contribution in [3.8, 4) is 0 Å². The molecule has 0 spiro atoms. The lowest BCUT2D eigenvalue weighted by molar-refractivity contribution is -0.148. The Morgan fingerprint density at radius 1 is 1.30 bits per heavy atom. The highest BCUT2D eigenvalue weighted by molar-refractivity contribution is 5.92. The van der Waals surface area contributed by atoms with E-state index in [2.05, 4.69) is 6.58 Å². The first kappa shape index (κ1) is 23.6. The van der Waals surface area contributed by atoms with E-state index in [1.54, 1.807) is 19.1 Å². The van der Waals surface area contributed by atoms with Crippen molar-refractivity contribution in [3.05, 3.63) is 47.1 Å². The minimum atomic E-state index is -0.823. The molecule has 0 bridgehead atoms. The molecule has 0 aromatic rings. The molecular weight excluding hydrogens is 392 g/mol. The van der Waals surface area contributed by atoms with Gasteiger partial charge < -0.3 is 24.4 Å². The largest absolute Gasteiger partial charge is 0.458 e. The van der Waals surface area contributed by atoms with Crippen LogP contribution < -0.4 is 0 Å². The van der Waals surface area contributed by atoms with E-state index in [0.29, 0.717) is 17.6 Å². The van der Waals surface area contributed by atoms with Gasteiger partial charge in [-0.2, -0.15) is 0 Å². The molecule has 2 rings (SSSR count). The second-order valence-electron chi connectivity index (χ2n) is 7.40. The summed E-state index contributed by atoms with van der Waals surface area (Å²) in [5, 5.41) is 18.8. The molecule has 0 radical (unpaired) electrons. The van der Waals surface area contributed by atoms with Gasteiger partial charge in [-0.05, 0) is 37.1 Å². The molecule has 1 fully saturated rings. The third kappa shape index (κ3) is 5.67. The molecule has 0 aromatic carbocycles. The van der Waals surface area contributed by atoms with Gasteiger partial charge in [0.05, 0.1) is 19.1 Å². The summed E-state index contributed by atoms with van der Waals surface area (Å²) in [5.41, 5.74) is 1.61. The van der Waals surface area contributed by atoms with Crippen molar-refractivity contribution in [2.45, 2.75) is 51.9 Å². The lowest BCUT2D eigenvalue weighted by Gasteiger charge is -2.29. The predicted molar refractivity (Wildman–Crippen MR) is 107 cm³/mol. The summed E-state index contributed by atoms with van der Waals surface area (Å²) < 4.78 is 16.5. The van der Waals surface area contributed by atoms with Gasteiger partial charge in [-0.15, -0.1) is 0 Å². The second kappa shape index (κ2) is 10.4. The number of carbonyl (C=O) groups excluding carboxylic acids is 3. The molecule has 8 heteroatoms. The van der Waals surface area contributed by atoms with E-state index in [9.17, 15) is 19.5 Å². The number of esters is 3. The summed E-state index contributed by atoms with van der Waals surface area (Å²) in [7, 11) is 0. The molecule has 164 valence electrons. The van der Waals surface area contributed by atoms with Crippen molar-refractivity contribution >= 4 is 17.9 Å². The second-order valence-corrected chi connectivity index (χ2v) is 7.40. The van der Waals surface area contributed by atoms with Gasteiger partial charge in [-0.25, -0.2) is 9.59 Å². The third-order valence-corrected chi connectivity index (χ3v) is 5.17. The van der Waals surface area contributed by atoms with Crippen LogP contribution in [0.1, 0.15) is 33.6 Å². The Hall–Kier alpha value is -2.71. The molecule has 1 aliphatic heterocycles. The van der Waals surface area contributed by atoms with Crippen LogP contribution in [0, 0.1) is 5.92 Å². The average molecular weight is 420 g/mol. The average Bonchev–Trinajstić information content (AvgIpc) is 2.95. The molecule has 0 aromatic heterocycles. The van der Waals surface area contributed by atoms with E-state index < -0.39 is 42.1 Å². The van der Waals surface area contributed by atoms with Crippen LogP contribution in [-0.4, -0.2) is 59.6 Å². The van der Waals surface area contributed by atoms with Crippen molar-refractivity contribution in [1.82, 2.24) is 0 Å². The number of aliphatic hydroxyl groups excluding tert-OH is 2. The topological polar surface area (TPSA) is 119 Å². The van der Waals surface area contributed by atoms with Gasteiger partial charge >= 0.3 is 17.9 Å². The first-order valence-corrected chi connectivity index (χ1v) is 9.70. The van der Waals surface area contributed by atoms with Crippen molar-refractivity contribution < 1.29 is 38.8 Å². The first-order chi connectivity index (χ1) is 14.2. The van der Waals surface area contributed by atoms with Crippen molar-refractivity contribution in [2.24, 2.45) is 5.92 Å². The van der Waals surface area contributed by atoms with Crippen molar-refractivity contribution in [2.75, 3.05) is 13.2 Å². The molecule has 1 heterocycles. The van der Waals surface area contributed by atoms with E-state index >= 15 is 0 Å². The molecule has 2 aliphatic rings. The third-order valence-electron chi connectivity index (χ3n) is 5.17. The van der Waals surface area contributed by atoms with Crippen LogP contribution in [-0.2, 0) is 28.6 Å². The predicted octanol–water partition coefficient (Wildman–Crippen LogP) is 1.53. The van der Waals surface area contributed by atoms with Crippen molar-refractivity contribution in [1.29, 1.82) is 0 Å². The molecule has 8 nitrogen and oxygen atoms in total. The highest BCUT2D eigenvalue weighted by Gasteiger charge is 2.45. The van der Waals surface area contributed by atoms with Gasteiger partial charge in [0.2, 0.25) is 0 Å².